The van der Waals surface area contributed by atoms with Gasteiger partial charge in [0.15, 0.2) is 0 Å². The van der Waals surface area contributed by atoms with Crippen LogP contribution in [-0.4, -0.2) is 66.8 Å². The summed E-state index contributed by atoms with van der Waals surface area (Å²) in [6.07, 6.45) is -0.927. The third-order valence-electron chi connectivity index (χ3n) is 2.17. The monoisotopic (exact) mass is 202 g/mol. The average molecular weight is 202 g/mol. The van der Waals surface area contributed by atoms with Gasteiger partial charge in [-0.2, -0.15) is 0 Å². The van der Waals surface area contributed by atoms with Crippen molar-refractivity contribution in [1.29, 1.82) is 0 Å². The zero-order valence-electron chi connectivity index (χ0n) is 8.10. The van der Waals surface area contributed by atoms with Crippen LogP contribution >= 0.6 is 0 Å². The number of piperazine rings is 1. The van der Waals surface area contributed by atoms with Crippen LogP contribution in [0.2, 0.25) is 0 Å². The molecular formula is C8H14N2O4. The molecule has 0 atom stereocenters. The third kappa shape index (κ3) is 2.59. The molecule has 1 fully saturated rings. The van der Waals surface area contributed by atoms with E-state index in [4.69, 9.17) is 9.84 Å². The number of carboxylic acid groups (broad SMARTS) is 1. The second-order valence-corrected chi connectivity index (χ2v) is 3.08. The molecule has 2 amide bonds. The first-order valence-corrected chi connectivity index (χ1v) is 4.39. The molecule has 6 heteroatoms. The fraction of sp³-hybridized carbons (Fsp3) is 0.750. The zero-order chi connectivity index (χ0) is 10.6. The molecule has 0 aromatic heterocycles. The zero-order valence-corrected chi connectivity index (χ0v) is 8.10. The summed E-state index contributed by atoms with van der Waals surface area (Å²) in [5.74, 6) is -0.0856. The molecule has 0 saturated carbocycles. The molecule has 14 heavy (non-hydrogen) atoms. The molecule has 1 saturated heterocycles. The van der Waals surface area contributed by atoms with Gasteiger partial charge in [0.2, 0.25) is 5.91 Å². The summed E-state index contributed by atoms with van der Waals surface area (Å²) in [6.45, 7) is 1.73. The predicted octanol–water partition coefficient (Wildman–Crippen LogP) is -0.545. The Morgan fingerprint density at radius 3 is 2.14 bits per heavy atom. The van der Waals surface area contributed by atoms with E-state index in [0.29, 0.717) is 26.2 Å². The first-order chi connectivity index (χ1) is 6.65. The van der Waals surface area contributed by atoms with Gasteiger partial charge in [-0.25, -0.2) is 4.79 Å². The maximum atomic E-state index is 11.3. The first-order valence-electron chi connectivity index (χ1n) is 4.39. The van der Waals surface area contributed by atoms with Crippen LogP contribution in [0.4, 0.5) is 4.79 Å². The van der Waals surface area contributed by atoms with Crippen LogP contribution in [0.15, 0.2) is 0 Å². The van der Waals surface area contributed by atoms with Gasteiger partial charge < -0.3 is 19.6 Å². The van der Waals surface area contributed by atoms with Crippen molar-refractivity contribution in [1.82, 2.24) is 9.80 Å². The summed E-state index contributed by atoms with van der Waals surface area (Å²) in [6, 6.07) is 0. The molecule has 1 N–H and O–H groups in total. The quantitative estimate of drug-likeness (QED) is 0.652. The van der Waals surface area contributed by atoms with Crippen LogP contribution < -0.4 is 0 Å². The normalized spacial score (nSPS) is 16.9. The molecule has 0 radical (unpaired) electrons. The topological polar surface area (TPSA) is 70.1 Å². The summed E-state index contributed by atoms with van der Waals surface area (Å²) < 4.78 is 4.71. The Hall–Kier alpha value is -1.30. The molecule has 6 nitrogen and oxygen atoms in total. The van der Waals surface area contributed by atoms with Crippen molar-refractivity contribution in [3.8, 4) is 0 Å². The minimum Gasteiger partial charge on any atom is -0.465 e. The number of carbonyl (C=O) groups excluding carboxylic acids is 1. The standard InChI is InChI=1S/C8H14N2O4/c1-14-6-7(11)9-2-4-10(5-3-9)8(12)13/h2-6H2,1H3,(H,12,13). The number of amides is 2. The van der Waals surface area contributed by atoms with Gasteiger partial charge in [0, 0.05) is 33.3 Å². The molecule has 1 aliphatic heterocycles. The third-order valence-corrected chi connectivity index (χ3v) is 2.17. The van der Waals surface area contributed by atoms with Crippen molar-refractivity contribution in [2.75, 3.05) is 39.9 Å². The van der Waals surface area contributed by atoms with E-state index >= 15 is 0 Å². The summed E-state index contributed by atoms with van der Waals surface area (Å²) in [7, 11) is 1.46. The van der Waals surface area contributed by atoms with Gasteiger partial charge in [0.25, 0.3) is 0 Å². The van der Waals surface area contributed by atoms with Crippen LogP contribution in [0, 0.1) is 0 Å². The second-order valence-electron chi connectivity index (χ2n) is 3.08. The van der Waals surface area contributed by atoms with E-state index in [1.54, 1.807) is 4.90 Å². The molecule has 1 rings (SSSR count). The fourth-order valence-corrected chi connectivity index (χ4v) is 1.36. The molecule has 0 spiro atoms. The Morgan fingerprint density at radius 2 is 1.71 bits per heavy atom. The molecule has 0 aromatic carbocycles. The van der Waals surface area contributed by atoms with Crippen molar-refractivity contribution >= 4 is 12.0 Å². The van der Waals surface area contributed by atoms with Gasteiger partial charge in [0.05, 0.1) is 0 Å². The number of hydrogen-bond acceptors (Lipinski definition) is 3. The van der Waals surface area contributed by atoms with Crippen LogP contribution in [0.1, 0.15) is 0 Å². The molecule has 0 aromatic rings. The molecule has 0 bridgehead atoms. The molecular weight excluding hydrogens is 188 g/mol. The van der Waals surface area contributed by atoms with Gasteiger partial charge in [0.1, 0.15) is 6.61 Å². The lowest BCUT2D eigenvalue weighted by Crippen LogP contribution is -2.51. The highest BCUT2D eigenvalue weighted by Gasteiger charge is 2.23. The highest BCUT2D eigenvalue weighted by molar-refractivity contribution is 5.77. The van der Waals surface area contributed by atoms with Crippen molar-refractivity contribution in [3.05, 3.63) is 0 Å². The SMILES string of the molecule is COCC(=O)N1CCN(C(=O)O)CC1. The van der Waals surface area contributed by atoms with E-state index in [1.165, 1.54) is 12.0 Å². The van der Waals surface area contributed by atoms with Gasteiger partial charge in [-0.05, 0) is 0 Å². The number of carbonyl (C=O) groups is 2. The lowest BCUT2D eigenvalue weighted by Gasteiger charge is -2.32. The van der Waals surface area contributed by atoms with Crippen molar-refractivity contribution in [2.24, 2.45) is 0 Å². The summed E-state index contributed by atoms with van der Waals surface area (Å²) in [4.78, 5) is 24.8. The van der Waals surface area contributed by atoms with Crippen LogP contribution in [0.3, 0.4) is 0 Å². The van der Waals surface area contributed by atoms with Crippen molar-refractivity contribution in [3.63, 3.8) is 0 Å². The highest BCUT2D eigenvalue weighted by Crippen LogP contribution is 2.02. The number of methoxy groups -OCH3 is 1. The Balaban J connectivity index is 2.35. The largest absolute Gasteiger partial charge is 0.465 e. The Kier molecular flexibility index (Phi) is 3.70. The number of nitrogens with zero attached hydrogens (tertiary/aromatic N) is 2. The maximum absolute atomic E-state index is 11.3. The lowest BCUT2D eigenvalue weighted by molar-refractivity contribution is -0.136. The number of hydrogen-bond donors (Lipinski definition) is 1. The van der Waals surface area contributed by atoms with Gasteiger partial charge in [-0.1, -0.05) is 0 Å². The molecule has 1 heterocycles. The summed E-state index contributed by atoms with van der Waals surface area (Å²) in [5.41, 5.74) is 0. The van der Waals surface area contributed by atoms with E-state index in [-0.39, 0.29) is 12.5 Å². The van der Waals surface area contributed by atoms with Crippen LogP contribution in [0.5, 0.6) is 0 Å². The predicted molar refractivity (Wildman–Crippen MR) is 48.1 cm³/mol. The smallest absolute Gasteiger partial charge is 0.407 e. The van der Waals surface area contributed by atoms with E-state index in [0.717, 1.165) is 0 Å². The van der Waals surface area contributed by atoms with Crippen molar-refractivity contribution < 1.29 is 19.4 Å². The summed E-state index contributed by atoms with van der Waals surface area (Å²) >= 11 is 0. The Morgan fingerprint density at radius 1 is 1.21 bits per heavy atom. The van der Waals surface area contributed by atoms with Crippen molar-refractivity contribution in [2.45, 2.75) is 0 Å². The molecule has 0 aliphatic carbocycles. The highest BCUT2D eigenvalue weighted by atomic mass is 16.5. The van der Waals surface area contributed by atoms with E-state index in [9.17, 15) is 9.59 Å². The van der Waals surface area contributed by atoms with Crippen LogP contribution in [-0.2, 0) is 9.53 Å². The van der Waals surface area contributed by atoms with Gasteiger partial charge >= 0.3 is 6.09 Å². The Bertz CT molecular complexity index is 223. The van der Waals surface area contributed by atoms with E-state index in [1.807, 2.05) is 0 Å². The number of rotatable bonds is 2. The summed E-state index contributed by atoms with van der Waals surface area (Å²) in [5, 5.41) is 8.66. The fourth-order valence-electron chi connectivity index (χ4n) is 1.36. The van der Waals surface area contributed by atoms with Gasteiger partial charge in [-0.15, -0.1) is 0 Å². The minimum absolute atomic E-state index is 0.0626. The molecule has 0 unspecified atom stereocenters. The Labute approximate surface area is 82.0 Å². The van der Waals surface area contributed by atoms with E-state index in [2.05, 4.69) is 0 Å². The second kappa shape index (κ2) is 4.80. The first kappa shape index (κ1) is 10.8. The molecule has 80 valence electrons. The average Bonchev–Trinajstić information content (AvgIpc) is 2.18. The maximum Gasteiger partial charge on any atom is 0.407 e. The van der Waals surface area contributed by atoms with Crippen LogP contribution in [0.25, 0.3) is 0 Å². The van der Waals surface area contributed by atoms with E-state index < -0.39 is 6.09 Å². The molecule has 1 aliphatic rings. The lowest BCUT2D eigenvalue weighted by atomic mass is 10.3. The van der Waals surface area contributed by atoms with Gasteiger partial charge in [-0.3, -0.25) is 4.79 Å². The number of ether oxygens (including phenoxy) is 1. The minimum atomic E-state index is -0.927.